The number of methoxy groups -OCH3 is 1. The fraction of sp³-hybridized carbons (Fsp3) is 0.143. The number of nitrogens with zero attached hydrogens (tertiary/aromatic N) is 3. The van der Waals surface area contributed by atoms with Gasteiger partial charge in [-0.2, -0.15) is 5.10 Å². The van der Waals surface area contributed by atoms with Crippen LogP contribution in [0.3, 0.4) is 0 Å². The van der Waals surface area contributed by atoms with Gasteiger partial charge in [0.25, 0.3) is 5.91 Å². The van der Waals surface area contributed by atoms with Gasteiger partial charge in [-0.3, -0.25) is 14.9 Å². The van der Waals surface area contributed by atoms with Crippen molar-refractivity contribution < 1.29 is 18.7 Å². The van der Waals surface area contributed by atoms with Crippen LogP contribution in [-0.4, -0.2) is 29.6 Å². The molecule has 0 saturated carbocycles. The average molecular weight is 424 g/mol. The van der Waals surface area contributed by atoms with Crippen molar-refractivity contribution in [2.75, 3.05) is 17.4 Å². The van der Waals surface area contributed by atoms with Crippen LogP contribution in [0.2, 0.25) is 0 Å². The first-order valence-electron chi connectivity index (χ1n) is 9.11. The zero-order valence-corrected chi connectivity index (χ0v) is 16.8. The predicted molar refractivity (Wildman–Crippen MR) is 113 cm³/mol. The average Bonchev–Trinajstić information content (AvgIpc) is 3.23. The van der Waals surface area contributed by atoms with E-state index in [0.717, 1.165) is 0 Å². The molecule has 1 aliphatic heterocycles. The summed E-state index contributed by atoms with van der Waals surface area (Å²) in [5.41, 5.74) is 1.95. The third-order valence-electron chi connectivity index (χ3n) is 4.47. The van der Waals surface area contributed by atoms with Crippen LogP contribution < -0.4 is 15.1 Å². The SMILES string of the molecule is COc1ccc(-c2csc(NC(=O)C3=NN(c4ccccc4)C(=O)CC3)n2)cc1F. The zero-order chi connectivity index (χ0) is 21.1. The van der Waals surface area contributed by atoms with E-state index in [0.29, 0.717) is 22.1 Å². The van der Waals surface area contributed by atoms with Gasteiger partial charge >= 0.3 is 0 Å². The second kappa shape index (κ2) is 8.42. The van der Waals surface area contributed by atoms with Gasteiger partial charge in [-0.05, 0) is 30.3 Å². The molecular weight excluding hydrogens is 407 g/mol. The van der Waals surface area contributed by atoms with E-state index >= 15 is 0 Å². The highest BCUT2D eigenvalue weighted by atomic mass is 32.1. The number of para-hydroxylation sites is 1. The van der Waals surface area contributed by atoms with Crippen LogP contribution in [0.1, 0.15) is 12.8 Å². The molecule has 0 atom stereocenters. The molecule has 2 heterocycles. The van der Waals surface area contributed by atoms with Crippen LogP contribution in [0.4, 0.5) is 15.2 Å². The van der Waals surface area contributed by atoms with Crippen molar-refractivity contribution in [1.29, 1.82) is 0 Å². The van der Waals surface area contributed by atoms with Crippen molar-refractivity contribution in [2.45, 2.75) is 12.8 Å². The van der Waals surface area contributed by atoms with E-state index in [4.69, 9.17) is 4.74 Å². The molecule has 152 valence electrons. The standard InChI is InChI=1S/C21H17FN4O3S/c1-29-18-9-7-13(11-15(18)22)17-12-30-21(23-17)24-20(28)16-8-10-19(27)26(25-16)14-5-3-2-4-6-14/h2-7,9,11-12H,8,10H2,1H3,(H,23,24,28). The first kappa shape index (κ1) is 19.7. The lowest BCUT2D eigenvalue weighted by Gasteiger charge is -2.22. The Morgan fingerprint density at radius 2 is 2.00 bits per heavy atom. The number of ether oxygens (including phenoxy) is 1. The topological polar surface area (TPSA) is 83.9 Å². The van der Waals surface area contributed by atoms with Crippen LogP contribution in [0.25, 0.3) is 11.3 Å². The summed E-state index contributed by atoms with van der Waals surface area (Å²) in [5.74, 6) is -0.938. The van der Waals surface area contributed by atoms with E-state index in [1.807, 2.05) is 6.07 Å². The predicted octanol–water partition coefficient (Wildman–Crippen LogP) is 4.08. The zero-order valence-electron chi connectivity index (χ0n) is 16.0. The van der Waals surface area contributed by atoms with E-state index in [1.54, 1.807) is 35.7 Å². The number of rotatable bonds is 5. The van der Waals surface area contributed by atoms with Gasteiger partial charge in [0.05, 0.1) is 18.5 Å². The van der Waals surface area contributed by atoms with Gasteiger partial charge in [0.1, 0.15) is 5.71 Å². The van der Waals surface area contributed by atoms with Gasteiger partial charge in [0, 0.05) is 23.8 Å². The maximum atomic E-state index is 13.9. The lowest BCUT2D eigenvalue weighted by Crippen LogP contribution is -2.36. The number of hydrazone groups is 1. The summed E-state index contributed by atoms with van der Waals surface area (Å²) in [5, 5.41) is 10.3. The summed E-state index contributed by atoms with van der Waals surface area (Å²) in [6.07, 6.45) is 0.436. The van der Waals surface area contributed by atoms with Crippen LogP contribution in [0.5, 0.6) is 5.75 Å². The minimum Gasteiger partial charge on any atom is -0.494 e. The fourth-order valence-corrected chi connectivity index (χ4v) is 3.66. The number of hydrogen-bond donors (Lipinski definition) is 1. The number of nitrogens with one attached hydrogen (secondary N) is 1. The quantitative estimate of drug-likeness (QED) is 0.669. The number of hydrogen-bond acceptors (Lipinski definition) is 6. The number of aromatic nitrogens is 1. The summed E-state index contributed by atoms with van der Waals surface area (Å²) in [4.78, 5) is 29.2. The van der Waals surface area contributed by atoms with E-state index in [2.05, 4.69) is 15.4 Å². The monoisotopic (exact) mass is 424 g/mol. The largest absolute Gasteiger partial charge is 0.494 e. The fourth-order valence-electron chi connectivity index (χ4n) is 2.95. The summed E-state index contributed by atoms with van der Waals surface area (Å²) >= 11 is 1.22. The molecule has 0 bridgehead atoms. The van der Waals surface area contributed by atoms with Gasteiger partial charge in [0.15, 0.2) is 16.7 Å². The van der Waals surface area contributed by atoms with E-state index < -0.39 is 11.7 Å². The molecule has 2 amide bonds. The van der Waals surface area contributed by atoms with Gasteiger partial charge in [-0.15, -0.1) is 11.3 Å². The maximum absolute atomic E-state index is 13.9. The second-order valence-electron chi connectivity index (χ2n) is 6.43. The molecule has 2 aromatic carbocycles. The molecule has 0 unspecified atom stereocenters. The van der Waals surface area contributed by atoms with Crippen LogP contribution in [0, 0.1) is 5.82 Å². The Bertz CT molecular complexity index is 1130. The summed E-state index contributed by atoms with van der Waals surface area (Å²) in [6, 6.07) is 13.5. The third kappa shape index (κ3) is 4.06. The smallest absolute Gasteiger partial charge is 0.273 e. The first-order chi connectivity index (χ1) is 14.5. The Morgan fingerprint density at radius 1 is 1.20 bits per heavy atom. The lowest BCUT2D eigenvalue weighted by molar-refractivity contribution is -0.118. The molecule has 30 heavy (non-hydrogen) atoms. The Hall–Kier alpha value is -3.59. The first-order valence-corrected chi connectivity index (χ1v) is 9.99. The summed E-state index contributed by atoms with van der Waals surface area (Å²) in [7, 11) is 1.40. The molecule has 1 N–H and O–H groups in total. The second-order valence-corrected chi connectivity index (χ2v) is 7.29. The van der Waals surface area contributed by atoms with Crippen molar-refractivity contribution in [3.8, 4) is 17.0 Å². The number of thiazole rings is 1. The van der Waals surface area contributed by atoms with E-state index in [1.165, 1.54) is 35.6 Å². The molecule has 0 radical (unpaired) electrons. The molecule has 0 saturated heterocycles. The van der Waals surface area contributed by atoms with E-state index in [9.17, 15) is 14.0 Å². The van der Waals surface area contributed by atoms with E-state index in [-0.39, 0.29) is 30.2 Å². The highest BCUT2D eigenvalue weighted by Crippen LogP contribution is 2.28. The number of anilines is 2. The van der Waals surface area contributed by atoms with Gasteiger partial charge < -0.3 is 4.74 Å². The van der Waals surface area contributed by atoms with Crippen molar-refractivity contribution >= 4 is 39.7 Å². The van der Waals surface area contributed by atoms with Gasteiger partial charge in [0.2, 0.25) is 5.91 Å². The summed E-state index contributed by atoms with van der Waals surface area (Å²) < 4.78 is 18.9. The number of carbonyl (C=O) groups is 2. The molecule has 7 nitrogen and oxygen atoms in total. The minimum atomic E-state index is -0.490. The Kier molecular flexibility index (Phi) is 5.53. The molecule has 4 rings (SSSR count). The Labute approximate surface area is 175 Å². The van der Waals surface area contributed by atoms with Crippen molar-refractivity contribution in [3.05, 3.63) is 59.7 Å². The van der Waals surface area contributed by atoms with Gasteiger partial charge in [-0.25, -0.2) is 14.4 Å². The minimum absolute atomic E-state index is 0.148. The maximum Gasteiger partial charge on any atom is 0.273 e. The molecular formula is C21H17FN4O3S. The van der Waals surface area contributed by atoms with Crippen LogP contribution >= 0.6 is 11.3 Å². The molecule has 0 fully saturated rings. The molecule has 1 aromatic heterocycles. The lowest BCUT2D eigenvalue weighted by atomic mass is 10.1. The van der Waals surface area contributed by atoms with Gasteiger partial charge in [-0.1, -0.05) is 18.2 Å². The van der Waals surface area contributed by atoms with Crippen molar-refractivity contribution in [3.63, 3.8) is 0 Å². The Morgan fingerprint density at radius 3 is 2.73 bits per heavy atom. The number of benzene rings is 2. The highest BCUT2D eigenvalue weighted by molar-refractivity contribution is 7.14. The normalized spacial score (nSPS) is 13.7. The van der Waals surface area contributed by atoms with Crippen molar-refractivity contribution in [1.82, 2.24) is 4.98 Å². The highest BCUT2D eigenvalue weighted by Gasteiger charge is 2.26. The molecule has 0 aliphatic carbocycles. The molecule has 1 aliphatic rings. The number of halogens is 1. The third-order valence-corrected chi connectivity index (χ3v) is 5.23. The van der Waals surface area contributed by atoms with Crippen molar-refractivity contribution in [2.24, 2.45) is 5.10 Å². The van der Waals surface area contributed by atoms with Crippen LogP contribution in [-0.2, 0) is 9.59 Å². The summed E-state index contributed by atoms with van der Waals surface area (Å²) in [6.45, 7) is 0. The number of carbonyl (C=O) groups excluding carboxylic acids is 2. The number of amides is 2. The van der Waals surface area contributed by atoms with Crippen LogP contribution in [0.15, 0.2) is 59.0 Å². The Balaban J connectivity index is 1.50. The molecule has 0 spiro atoms. The molecule has 9 heteroatoms. The molecule has 3 aromatic rings.